The number of amides is 1. The number of rotatable bonds is 4. The van der Waals surface area contributed by atoms with Crippen LogP contribution in [0.3, 0.4) is 0 Å². The summed E-state index contributed by atoms with van der Waals surface area (Å²) in [4.78, 5) is 11.4. The fourth-order valence-corrected chi connectivity index (χ4v) is 2.25. The molecule has 0 bridgehead atoms. The number of carbonyl (C=O) groups is 1. The molecular weight excluding hydrogens is 299 g/mol. The molecule has 6 nitrogen and oxygen atoms in total. The van der Waals surface area contributed by atoms with Gasteiger partial charge in [-0.15, -0.1) is 0 Å². The Morgan fingerprint density at radius 1 is 1.45 bits per heavy atom. The van der Waals surface area contributed by atoms with E-state index in [0.717, 1.165) is 18.9 Å². The lowest BCUT2D eigenvalue weighted by molar-refractivity contribution is -0.123. The maximum atomic E-state index is 12.1. The Balaban J connectivity index is 2.26. The number of carbonyl (C=O) groups excluding carboxylic acids is 1. The molecule has 10 heteroatoms. The van der Waals surface area contributed by atoms with Crippen LogP contribution in [0.2, 0.25) is 0 Å². The maximum absolute atomic E-state index is 12.1. The summed E-state index contributed by atoms with van der Waals surface area (Å²) in [5, 5.41) is 6.66. The molecule has 0 aliphatic heterocycles. The van der Waals surface area contributed by atoms with Crippen molar-refractivity contribution in [3.05, 3.63) is 18.0 Å². The van der Waals surface area contributed by atoms with Gasteiger partial charge < -0.3 is 9.88 Å². The van der Waals surface area contributed by atoms with Crippen LogP contribution in [0, 0.1) is 0 Å². The fraction of sp³-hybridized carbons (Fsp3) is 0.500. The zero-order valence-electron chi connectivity index (χ0n) is 10.1. The summed E-state index contributed by atoms with van der Waals surface area (Å²) in [6, 6.07) is 0.913. The second kappa shape index (κ2) is 4.77. The van der Waals surface area contributed by atoms with E-state index in [2.05, 4.69) is 0 Å². The van der Waals surface area contributed by atoms with Crippen molar-refractivity contribution in [3.63, 3.8) is 0 Å². The van der Waals surface area contributed by atoms with Gasteiger partial charge in [0.15, 0.2) is 0 Å². The third-order valence-electron chi connectivity index (χ3n) is 2.77. The topological polar surface area (TPSA) is 94.2 Å². The van der Waals surface area contributed by atoms with Crippen LogP contribution in [0.25, 0.3) is 0 Å². The first-order valence-electron chi connectivity index (χ1n) is 5.67. The molecule has 0 spiro atoms. The van der Waals surface area contributed by atoms with E-state index < -0.39 is 28.7 Å². The van der Waals surface area contributed by atoms with Crippen LogP contribution < -0.4 is 10.5 Å². The summed E-state index contributed by atoms with van der Waals surface area (Å²) >= 11 is 0. The number of aromatic nitrogens is 1. The Labute approximate surface area is 112 Å². The molecule has 1 aliphatic carbocycles. The molecule has 0 radical (unpaired) electrons. The minimum Gasteiger partial charge on any atom is -0.342 e. The number of sulfonamides is 1. The van der Waals surface area contributed by atoms with E-state index in [1.165, 1.54) is 10.8 Å². The summed E-state index contributed by atoms with van der Waals surface area (Å²) in [6.45, 7) is -1.48. The molecule has 112 valence electrons. The van der Waals surface area contributed by atoms with Gasteiger partial charge in [0.25, 0.3) is 5.91 Å². The number of hydrogen-bond acceptors (Lipinski definition) is 3. The molecule has 0 saturated heterocycles. The first kappa shape index (κ1) is 14.9. The van der Waals surface area contributed by atoms with Crippen molar-refractivity contribution in [2.24, 2.45) is 5.14 Å². The zero-order chi connectivity index (χ0) is 15.1. The number of nitrogens with one attached hydrogen (secondary N) is 1. The van der Waals surface area contributed by atoms with Crippen molar-refractivity contribution in [1.29, 1.82) is 0 Å². The van der Waals surface area contributed by atoms with Gasteiger partial charge in [0, 0.05) is 12.2 Å². The Bertz CT molecular complexity index is 632. The molecule has 2 rings (SSSR count). The number of alkyl halides is 3. The molecule has 1 aromatic heterocycles. The van der Waals surface area contributed by atoms with E-state index in [-0.39, 0.29) is 16.6 Å². The van der Waals surface area contributed by atoms with Gasteiger partial charge in [-0.3, -0.25) is 4.79 Å². The molecule has 0 unspecified atom stereocenters. The number of hydrogen-bond donors (Lipinski definition) is 2. The Kier molecular flexibility index (Phi) is 3.54. The summed E-state index contributed by atoms with van der Waals surface area (Å²) in [7, 11) is -4.01. The largest absolute Gasteiger partial charge is 0.405 e. The lowest BCUT2D eigenvalue weighted by Crippen LogP contribution is -2.34. The second-order valence-electron chi connectivity index (χ2n) is 4.54. The molecule has 3 N–H and O–H groups in total. The van der Waals surface area contributed by atoms with Crippen LogP contribution in [0.5, 0.6) is 0 Å². The van der Waals surface area contributed by atoms with E-state index >= 15 is 0 Å². The minimum atomic E-state index is -4.53. The fourth-order valence-electron chi connectivity index (χ4n) is 1.72. The van der Waals surface area contributed by atoms with Gasteiger partial charge in [-0.05, 0) is 18.9 Å². The van der Waals surface area contributed by atoms with Gasteiger partial charge in [0.2, 0.25) is 10.0 Å². The molecule has 0 aromatic carbocycles. The second-order valence-corrected chi connectivity index (χ2v) is 6.10. The molecular formula is C10H12F3N3O3S. The van der Waals surface area contributed by atoms with Gasteiger partial charge in [-0.25, -0.2) is 13.6 Å². The predicted molar refractivity (Wildman–Crippen MR) is 62.5 cm³/mol. The van der Waals surface area contributed by atoms with E-state index in [0.29, 0.717) is 0 Å². The van der Waals surface area contributed by atoms with Crippen molar-refractivity contribution in [2.75, 3.05) is 6.54 Å². The van der Waals surface area contributed by atoms with Crippen LogP contribution in [0.4, 0.5) is 13.2 Å². The molecule has 1 heterocycles. The lowest BCUT2D eigenvalue weighted by Gasteiger charge is -2.10. The number of halogens is 3. The number of primary sulfonamides is 1. The van der Waals surface area contributed by atoms with Crippen molar-refractivity contribution < 1.29 is 26.4 Å². The van der Waals surface area contributed by atoms with E-state index in [1.54, 1.807) is 5.32 Å². The molecule has 1 amide bonds. The van der Waals surface area contributed by atoms with Gasteiger partial charge >= 0.3 is 6.18 Å². The van der Waals surface area contributed by atoms with Crippen LogP contribution in [-0.4, -0.2) is 31.6 Å². The third-order valence-corrected chi connectivity index (χ3v) is 3.65. The van der Waals surface area contributed by atoms with Crippen LogP contribution in [0.15, 0.2) is 17.2 Å². The smallest absolute Gasteiger partial charge is 0.342 e. The number of nitrogens with two attached hydrogens (primary N) is 1. The van der Waals surface area contributed by atoms with E-state index in [1.807, 2.05) is 0 Å². The molecule has 1 aliphatic rings. The molecule has 20 heavy (non-hydrogen) atoms. The quantitative estimate of drug-likeness (QED) is 0.859. The first-order chi connectivity index (χ1) is 9.08. The maximum Gasteiger partial charge on any atom is 0.405 e. The highest BCUT2D eigenvalue weighted by Gasteiger charge is 2.32. The summed E-state index contributed by atoms with van der Waals surface area (Å²) in [5.74, 6) is -0.982. The van der Waals surface area contributed by atoms with Crippen molar-refractivity contribution in [3.8, 4) is 0 Å². The molecule has 1 fully saturated rings. The molecule has 1 aromatic rings. The summed E-state index contributed by atoms with van der Waals surface area (Å²) in [6.07, 6.45) is -1.89. The summed E-state index contributed by atoms with van der Waals surface area (Å²) < 4.78 is 60.0. The average molecular weight is 311 g/mol. The van der Waals surface area contributed by atoms with Crippen molar-refractivity contribution in [1.82, 2.24) is 9.88 Å². The van der Waals surface area contributed by atoms with Gasteiger partial charge in [-0.1, -0.05) is 0 Å². The number of nitrogens with zero attached hydrogens (tertiary/aromatic N) is 1. The third kappa shape index (κ3) is 3.51. The minimum absolute atomic E-state index is 0.0721. The lowest BCUT2D eigenvalue weighted by atomic mass is 10.4. The van der Waals surface area contributed by atoms with Gasteiger partial charge in [0.1, 0.15) is 17.1 Å². The van der Waals surface area contributed by atoms with E-state index in [4.69, 9.17) is 5.14 Å². The highest BCUT2D eigenvalue weighted by molar-refractivity contribution is 7.89. The Hall–Kier alpha value is -1.55. The highest BCUT2D eigenvalue weighted by atomic mass is 32.2. The standard InChI is InChI=1S/C10H12F3N3O3S/c11-10(12,13)5-15-9(17)8-3-7(20(14,18)19)4-16(8)6-1-2-6/h3-4,6H,1-2,5H2,(H,15,17)(H2,14,18,19). The van der Waals surface area contributed by atoms with Crippen molar-refractivity contribution >= 4 is 15.9 Å². The average Bonchev–Trinajstić information content (AvgIpc) is 3.02. The highest BCUT2D eigenvalue weighted by Crippen LogP contribution is 2.37. The zero-order valence-corrected chi connectivity index (χ0v) is 11.0. The van der Waals surface area contributed by atoms with Crippen LogP contribution in [0.1, 0.15) is 29.4 Å². The molecule has 0 atom stereocenters. The molecule has 1 saturated carbocycles. The summed E-state index contributed by atoms with van der Waals surface area (Å²) in [5.41, 5.74) is -0.138. The Morgan fingerprint density at radius 2 is 2.05 bits per heavy atom. The predicted octanol–water partition coefficient (Wildman–Crippen LogP) is 0.762. The van der Waals surface area contributed by atoms with Crippen LogP contribution >= 0.6 is 0 Å². The van der Waals surface area contributed by atoms with Gasteiger partial charge in [-0.2, -0.15) is 13.2 Å². The van der Waals surface area contributed by atoms with E-state index in [9.17, 15) is 26.4 Å². The Morgan fingerprint density at radius 3 is 2.50 bits per heavy atom. The van der Waals surface area contributed by atoms with Crippen LogP contribution in [-0.2, 0) is 10.0 Å². The van der Waals surface area contributed by atoms with Crippen molar-refractivity contribution in [2.45, 2.75) is 30.0 Å². The first-order valence-corrected chi connectivity index (χ1v) is 7.22. The SMILES string of the molecule is NS(=O)(=O)c1cc(C(=O)NCC(F)(F)F)n(C2CC2)c1. The normalized spacial score (nSPS) is 16.2. The monoisotopic (exact) mass is 311 g/mol. The van der Waals surface area contributed by atoms with Gasteiger partial charge in [0.05, 0.1) is 0 Å².